The molecular weight excluding hydrogens is 517 g/mol. The fourth-order valence-corrected chi connectivity index (χ4v) is 6.30. The molecule has 0 fully saturated rings. The summed E-state index contributed by atoms with van der Waals surface area (Å²) >= 11 is 0. The highest BCUT2D eigenvalue weighted by Crippen LogP contribution is 2.40. The van der Waals surface area contributed by atoms with Gasteiger partial charge in [-0.2, -0.15) is 5.26 Å². The van der Waals surface area contributed by atoms with E-state index in [2.05, 4.69) is 24.6 Å². The lowest BCUT2D eigenvalue weighted by Crippen LogP contribution is -2.57. The summed E-state index contributed by atoms with van der Waals surface area (Å²) in [5, 5.41) is 22.3. The molecule has 0 bridgehead atoms. The molecule has 12 nitrogen and oxygen atoms in total. The minimum atomic E-state index is -3.68. The third-order valence-electron chi connectivity index (χ3n) is 5.56. The van der Waals surface area contributed by atoms with Gasteiger partial charge in [0.2, 0.25) is 5.96 Å². The summed E-state index contributed by atoms with van der Waals surface area (Å²) in [4.78, 5) is 35.5. The second-order valence-electron chi connectivity index (χ2n) is 8.03. The number of aromatic nitrogens is 2. The smallest absolute Gasteiger partial charge is 0.411 e. The molecule has 16 heteroatoms. The molecule has 37 heavy (non-hydrogen) atoms. The Labute approximate surface area is 208 Å². The second kappa shape index (κ2) is 10.0. The van der Waals surface area contributed by atoms with Crippen LogP contribution in [0.25, 0.3) is 0 Å². The summed E-state index contributed by atoms with van der Waals surface area (Å²) in [6.45, 7) is 0.100. The third-order valence-corrected chi connectivity index (χ3v) is 8.01. The maximum absolute atomic E-state index is 15.0. The maximum atomic E-state index is 15.0. The van der Waals surface area contributed by atoms with E-state index in [1.807, 2.05) is 11.4 Å². The SMILES string of the molecule is N#Cc1ccc(C(=O)Nc2ccc(F)c([C@]3(C(F)F)C[S@@]4(=O)=NCCCCN4C(NC(=O)O)=N3)n2)nc1. The molecule has 194 valence electrons. The van der Waals surface area contributed by atoms with Crippen LogP contribution in [0.1, 0.15) is 34.6 Å². The monoisotopic (exact) mass is 536 g/mol. The van der Waals surface area contributed by atoms with Gasteiger partial charge in [0.15, 0.2) is 5.54 Å². The standard InChI is InChI=1S/C21H19F3N8O4S/c22-13-4-6-15(29-17(33)14-5-3-12(9-25)10-26-14)28-16(13)21(18(23)24)11-37(36)27-7-1-2-8-32(37)19(31-21)30-20(34)35/h3-6,10,18H,1-2,7-8,11H2,(H,30,31)(H,34,35)(H,28,29,33)/t21-,37+/m0/s1. The molecule has 0 aliphatic carbocycles. The lowest BCUT2D eigenvalue weighted by molar-refractivity contribution is 0.0589. The van der Waals surface area contributed by atoms with Crippen LogP contribution in [0.4, 0.5) is 23.8 Å². The van der Waals surface area contributed by atoms with Crippen LogP contribution in [0.15, 0.2) is 39.8 Å². The Morgan fingerprint density at radius 1 is 1.22 bits per heavy atom. The van der Waals surface area contributed by atoms with Crippen LogP contribution in [0.5, 0.6) is 0 Å². The Morgan fingerprint density at radius 2 is 2.00 bits per heavy atom. The molecule has 2 aliphatic heterocycles. The minimum absolute atomic E-state index is 0.0321. The van der Waals surface area contributed by atoms with Crippen LogP contribution in [0, 0.1) is 17.1 Å². The molecule has 0 spiro atoms. The number of halogens is 3. The number of rotatable bonds is 4. The third kappa shape index (κ3) is 5.03. The zero-order chi connectivity index (χ0) is 26.8. The normalized spacial score (nSPS) is 23.1. The summed E-state index contributed by atoms with van der Waals surface area (Å²) < 4.78 is 63.3. The minimum Gasteiger partial charge on any atom is -0.465 e. The summed E-state index contributed by atoms with van der Waals surface area (Å²) in [5.74, 6) is -4.02. The molecule has 0 unspecified atom stereocenters. The van der Waals surface area contributed by atoms with E-state index < -0.39 is 57.1 Å². The fraction of sp³-hybridized carbons (Fsp3) is 0.333. The molecule has 0 saturated carbocycles. The van der Waals surface area contributed by atoms with Crippen molar-refractivity contribution >= 4 is 33.7 Å². The van der Waals surface area contributed by atoms with E-state index in [0.29, 0.717) is 12.8 Å². The first-order valence-corrected chi connectivity index (χ1v) is 12.4. The van der Waals surface area contributed by atoms with Crippen molar-refractivity contribution in [3.63, 3.8) is 0 Å². The Balaban J connectivity index is 1.80. The molecule has 3 N–H and O–H groups in total. The average Bonchev–Trinajstić information content (AvgIpc) is 3.05. The highest BCUT2D eigenvalue weighted by atomic mass is 32.2. The number of aliphatic imine (C=N–C) groups is 1. The van der Waals surface area contributed by atoms with Crippen molar-refractivity contribution < 1.29 is 32.1 Å². The van der Waals surface area contributed by atoms with Gasteiger partial charge in [0.25, 0.3) is 12.3 Å². The highest BCUT2D eigenvalue weighted by molar-refractivity contribution is 7.92. The van der Waals surface area contributed by atoms with Gasteiger partial charge in [-0.1, -0.05) is 0 Å². The summed E-state index contributed by atoms with van der Waals surface area (Å²) in [5.41, 5.74) is -3.75. The highest BCUT2D eigenvalue weighted by Gasteiger charge is 2.53. The molecule has 2 atom stereocenters. The zero-order valence-corrected chi connectivity index (χ0v) is 19.7. The fourth-order valence-electron chi connectivity index (χ4n) is 3.83. The molecule has 0 saturated heterocycles. The first-order valence-electron chi connectivity index (χ1n) is 10.8. The van der Waals surface area contributed by atoms with Crippen molar-refractivity contribution in [1.29, 1.82) is 5.26 Å². The van der Waals surface area contributed by atoms with Gasteiger partial charge in [-0.05, 0) is 37.1 Å². The number of hydrogen-bond acceptors (Lipinski definition) is 8. The van der Waals surface area contributed by atoms with Crippen LogP contribution in [0.2, 0.25) is 0 Å². The van der Waals surface area contributed by atoms with E-state index in [0.717, 1.165) is 22.6 Å². The van der Waals surface area contributed by atoms with Gasteiger partial charge >= 0.3 is 6.09 Å². The van der Waals surface area contributed by atoms with E-state index >= 15 is 4.39 Å². The largest absolute Gasteiger partial charge is 0.465 e. The zero-order valence-electron chi connectivity index (χ0n) is 18.9. The van der Waals surface area contributed by atoms with Crippen molar-refractivity contribution in [2.45, 2.75) is 24.8 Å². The van der Waals surface area contributed by atoms with Gasteiger partial charge in [0.1, 0.15) is 39.0 Å². The average molecular weight is 536 g/mol. The Kier molecular flexibility index (Phi) is 6.99. The molecule has 0 aromatic carbocycles. The number of carbonyl (C=O) groups excluding carboxylic acids is 1. The number of hydrogen-bond donors (Lipinski definition) is 3. The Morgan fingerprint density at radius 3 is 2.65 bits per heavy atom. The van der Waals surface area contributed by atoms with E-state index in [-0.39, 0.29) is 30.2 Å². The molecule has 0 radical (unpaired) electrons. The lowest BCUT2D eigenvalue weighted by Gasteiger charge is -2.40. The number of nitriles is 1. The van der Waals surface area contributed by atoms with E-state index in [1.54, 1.807) is 0 Å². The molecular formula is C21H19F3N8O4S. The predicted molar refractivity (Wildman–Crippen MR) is 124 cm³/mol. The second-order valence-corrected chi connectivity index (χ2v) is 10.2. The van der Waals surface area contributed by atoms with Gasteiger partial charge in [0.05, 0.1) is 17.9 Å². The Hall–Kier alpha value is -4.26. The van der Waals surface area contributed by atoms with Crippen LogP contribution in [-0.4, -0.2) is 66.8 Å². The quantitative estimate of drug-likeness (QED) is 0.538. The number of carbonyl (C=O) groups is 2. The maximum Gasteiger partial charge on any atom is 0.411 e. The van der Waals surface area contributed by atoms with Crippen LogP contribution in [0.3, 0.4) is 0 Å². The van der Waals surface area contributed by atoms with Gasteiger partial charge < -0.3 is 10.4 Å². The summed E-state index contributed by atoms with van der Waals surface area (Å²) in [7, 11) is -3.68. The van der Waals surface area contributed by atoms with Gasteiger partial charge in [-0.3, -0.25) is 14.4 Å². The summed E-state index contributed by atoms with van der Waals surface area (Å²) in [6.07, 6.45) is -3.06. The molecule has 2 aromatic heterocycles. The number of nitrogens with one attached hydrogen (secondary N) is 2. The van der Waals surface area contributed by atoms with Crippen LogP contribution >= 0.6 is 0 Å². The lowest BCUT2D eigenvalue weighted by atomic mass is 9.97. The van der Waals surface area contributed by atoms with Crippen LogP contribution < -0.4 is 10.6 Å². The number of amides is 2. The van der Waals surface area contributed by atoms with Crippen molar-refractivity contribution in [1.82, 2.24) is 19.6 Å². The van der Waals surface area contributed by atoms with E-state index in [9.17, 15) is 27.7 Å². The number of alkyl halides is 2. The van der Waals surface area contributed by atoms with Gasteiger partial charge in [-0.15, -0.1) is 0 Å². The van der Waals surface area contributed by atoms with E-state index in [4.69, 9.17) is 5.26 Å². The van der Waals surface area contributed by atoms with E-state index in [1.165, 1.54) is 12.1 Å². The first kappa shape index (κ1) is 25.8. The van der Waals surface area contributed by atoms with Crippen molar-refractivity contribution in [3.05, 3.63) is 53.2 Å². The Bertz CT molecular complexity index is 1440. The molecule has 2 amide bonds. The number of fused-ring (bicyclic) bond motifs is 1. The molecule has 4 rings (SSSR count). The number of pyridine rings is 2. The van der Waals surface area contributed by atoms with Crippen molar-refractivity contribution in [2.75, 3.05) is 24.2 Å². The summed E-state index contributed by atoms with van der Waals surface area (Å²) in [6, 6.07) is 6.22. The topological polar surface area (TPSA) is 173 Å². The van der Waals surface area contributed by atoms with Gasteiger partial charge in [-0.25, -0.2) is 41.5 Å². The first-order chi connectivity index (χ1) is 17.6. The van der Waals surface area contributed by atoms with Crippen molar-refractivity contribution in [2.24, 2.45) is 9.36 Å². The molecule has 2 aromatic rings. The number of anilines is 1. The number of carboxylic acid groups (broad SMARTS) is 1. The predicted octanol–water partition coefficient (Wildman–Crippen LogP) is 2.32. The van der Waals surface area contributed by atoms with Gasteiger partial charge in [0, 0.05) is 12.7 Å². The van der Waals surface area contributed by atoms with Crippen LogP contribution in [-0.2, 0) is 15.5 Å². The number of guanidine groups is 1. The van der Waals surface area contributed by atoms with Crippen molar-refractivity contribution in [3.8, 4) is 6.07 Å². The molecule has 4 heterocycles. The molecule has 2 aliphatic rings. The number of nitrogens with zero attached hydrogens (tertiary/aromatic N) is 6.